The Morgan fingerprint density at radius 1 is 1.07 bits per heavy atom. The monoisotopic (exact) mass is 454 g/mol. The Morgan fingerprint density at radius 3 is 2.45 bits per heavy atom. The number of carbonyl (C=O) groups excluding carboxylic acids is 1. The molecule has 0 saturated heterocycles. The summed E-state index contributed by atoms with van der Waals surface area (Å²) in [6, 6.07) is 12.3. The van der Waals surface area contributed by atoms with Crippen molar-refractivity contribution in [1.29, 1.82) is 0 Å². The van der Waals surface area contributed by atoms with Crippen LogP contribution in [0.3, 0.4) is 0 Å². The lowest BCUT2D eigenvalue weighted by Gasteiger charge is -2.04. The zero-order valence-electron chi connectivity index (χ0n) is 14.9. The summed E-state index contributed by atoms with van der Waals surface area (Å²) in [5, 5.41) is 10.4. The number of halogens is 2. The molecule has 7 nitrogen and oxygen atoms in total. The Hall–Kier alpha value is -2.40. The summed E-state index contributed by atoms with van der Waals surface area (Å²) in [6.45, 7) is 0.186. The number of nitrogens with zero attached hydrogens (tertiary/aromatic N) is 2. The molecule has 29 heavy (non-hydrogen) atoms. The first-order chi connectivity index (χ1) is 13.8. The number of hydrogen-bond acceptors (Lipinski definition) is 6. The van der Waals surface area contributed by atoms with Crippen LogP contribution in [0.1, 0.15) is 22.3 Å². The minimum Gasteiger partial charge on any atom is -0.296 e. The van der Waals surface area contributed by atoms with Gasteiger partial charge in [-0.2, -0.15) is 0 Å². The van der Waals surface area contributed by atoms with Gasteiger partial charge in [-0.1, -0.05) is 35.1 Å². The zero-order chi connectivity index (χ0) is 20.9. The van der Waals surface area contributed by atoms with Gasteiger partial charge in [-0.15, -0.1) is 10.2 Å². The summed E-state index contributed by atoms with van der Waals surface area (Å²) < 4.78 is 39.7. The molecule has 3 aromatic rings. The van der Waals surface area contributed by atoms with E-state index in [1.165, 1.54) is 12.1 Å². The van der Waals surface area contributed by atoms with Crippen LogP contribution >= 0.6 is 22.9 Å². The lowest BCUT2D eigenvalue weighted by Crippen LogP contribution is -2.25. The van der Waals surface area contributed by atoms with Crippen molar-refractivity contribution in [3.63, 3.8) is 0 Å². The van der Waals surface area contributed by atoms with Gasteiger partial charge in [0.05, 0.1) is 0 Å². The van der Waals surface area contributed by atoms with E-state index in [9.17, 15) is 17.6 Å². The predicted molar refractivity (Wildman–Crippen MR) is 109 cm³/mol. The van der Waals surface area contributed by atoms with Gasteiger partial charge in [-0.3, -0.25) is 10.1 Å². The first-order valence-electron chi connectivity index (χ1n) is 8.48. The summed E-state index contributed by atoms with van der Waals surface area (Å²) in [4.78, 5) is 12.1. The lowest BCUT2D eigenvalue weighted by molar-refractivity contribution is 0.102. The molecule has 1 amide bonds. The molecular weight excluding hydrogens is 439 g/mol. The highest BCUT2D eigenvalue weighted by molar-refractivity contribution is 7.91. The van der Waals surface area contributed by atoms with E-state index < -0.39 is 15.9 Å². The number of benzene rings is 2. The minimum absolute atomic E-state index is 0.0663. The number of hydrogen-bond donors (Lipinski definition) is 2. The van der Waals surface area contributed by atoms with Crippen LogP contribution in [-0.4, -0.2) is 31.1 Å². The van der Waals surface area contributed by atoms with Gasteiger partial charge in [0.15, 0.2) is 0 Å². The fourth-order valence-corrected chi connectivity index (χ4v) is 4.49. The first kappa shape index (κ1) is 21.3. The molecule has 0 aliphatic heterocycles. The van der Waals surface area contributed by atoms with Crippen LogP contribution in [0.4, 0.5) is 9.52 Å². The maximum absolute atomic E-state index is 12.9. The third-order valence-electron chi connectivity index (χ3n) is 3.81. The van der Waals surface area contributed by atoms with Gasteiger partial charge in [0.1, 0.15) is 5.82 Å². The molecule has 152 valence electrons. The molecule has 0 atom stereocenters. The van der Waals surface area contributed by atoms with E-state index >= 15 is 0 Å². The van der Waals surface area contributed by atoms with Crippen LogP contribution in [0.2, 0.25) is 5.02 Å². The van der Waals surface area contributed by atoms with Crippen molar-refractivity contribution in [3.8, 4) is 0 Å². The summed E-state index contributed by atoms with van der Waals surface area (Å²) in [7, 11) is -3.84. The van der Waals surface area contributed by atoms with Crippen molar-refractivity contribution in [3.05, 3.63) is 70.5 Å². The molecule has 2 aromatic carbocycles. The smallest absolute Gasteiger partial charge is 0.269 e. The van der Waals surface area contributed by atoms with Crippen LogP contribution in [0.15, 0.2) is 52.9 Å². The third kappa shape index (κ3) is 6.04. The van der Waals surface area contributed by atoms with Gasteiger partial charge >= 0.3 is 0 Å². The Bertz CT molecular complexity index is 1090. The number of nitrogens with one attached hydrogen (secondary N) is 2. The fraction of sp³-hybridized carbons (Fsp3) is 0.167. The highest BCUT2D eigenvalue weighted by atomic mass is 35.5. The molecule has 1 heterocycles. The van der Waals surface area contributed by atoms with E-state index in [-0.39, 0.29) is 21.8 Å². The number of amides is 1. The zero-order valence-corrected chi connectivity index (χ0v) is 17.3. The number of aromatic nitrogens is 2. The van der Waals surface area contributed by atoms with Crippen molar-refractivity contribution in [1.82, 2.24) is 14.9 Å². The molecule has 0 bridgehead atoms. The number of anilines is 1. The number of rotatable bonds is 8. The van der Waals surface area contributed by atoms with E-state index in [2.05, 4.69) is 20.2 Å². The van der Waals surface area contributed by atoms with Crippen molar-refractivity contribution in [2.45, 2.75) is 17.2 Å². The van der Waals surface area contributed by atoms with Gasteiger partial charge in [-0.25, -0.2) is 17.5 Å². The van der Waals surface area contributed by atoms with Gasteiger partial charge in [-0.05, 0) is 54.8 Å². The number of aryl methyl sites for hydroxylation is 1. The van der Waals surface area contributed by atoms with Crippen LogP contribution < -0.4 is 10.0 Å². The van der Waals surface area contributed by atoms with E-state index in [1.54, 1.807) is 36.4 Å². The SMILES string of the molecule is O=C(Nc1nnc(S(=O)(=O)NCCCc2ccc(F)cc2)s1)c1ccc(Cl)cc1. The standard InChI is InChI=1S/C18H16ClFN4O3S2/c19-14-7-5-13(6-8-14)16(25)22-17-23-24-18(28-17)29(26,27)21-11-1-2-12-3-9-15(20)10-4-12/h3-10,21H,1-2,11H2,(H,22,23,25). The van der Waals surface area contributed by atoms with Crippen molar-refractivity contribution >= 4 is 44.0 Å². The summed E-state index contributed by atoms with van der Waals surface area (Å²) >= 11 is 6.53. The largest absolute Gasteiger partial charge is 0.296 e. The molecule has 0 aliphatic rings. The highest BCUT2D eigenvalue weighted by Gasteiger charge is 2.20. The van der Waals surface area contributed by atoms with Crippen molar-refractivity contribution in [2.75, 3.05) is 11.9 Å². The maximum Gasteiger partial charge on any atom is 0.269 e. The van der Waals surface area contributed by atoms with Gasteiger partial charge in [0.25, 0.3) is 15.9 Å². The molecular formula is C18H16ClFN4O3S2. The van der Waals surface area contributed by atoms with Crippen LogP contribution in [0.25, 0.3) is 0 Å². The second-order valence-electron chi connectivity index (χ2n) is 5.96. The molecule has 0 unspecified atom stereocenters. The summed E-state index contributed by atoms with van der Waals surface area (Å²) in [5.74, 6) is -0.765. The molecule has 0 radical (unpaired) electrons. The second kappa shape index (κ2) is 9.40. The summed E-state index contributed by atoms with van der Waals surface area (Å²) in [6.07, 6.45) is 1.13. The molecule has 11 heteroatoms. The molecule has 0 saturated carbocycles. The normalized spacial score (nSPS) is 11.4. The maximum atomic E-state index is 12.9. The first-order valence-corrected chi connectivity index (χ1v) is 11.2. The average Bonchev–Trinajstić information content (AvgIpc) is 3.16. The van der Waals surface area contributed by atoms with E-state index in [4.69, 9.17) is 11.6 Å². The number of carbonyl (C=O) groups is 1. The molecule has 3 rings (SSSR count). The molecule has 2 N–H and O–H groups in total. The highest BCUT2D eigenvalue weighted by Crippen LogP contribution is 2.21. The second-order valence-corrected chi connectivity index (χ2v) is 9.32. The van der Waals surface area contributed by atoms with Crippen LogP contribution in [0, 0.1) is 5.82 Å². The van der Waals surface area contributed by atoms with E-state index in [0.29, 0.717) is 23.4 Å². The quantitative estimate of drug-likeness (QED) is 0.400. The van der Waals surface area contributed by atoms with E-state index in [0.717, 1.165) is 16.9 Å². The van der Waals surface area contributed by atoms with Gasteiger partial charge in [0.2, 0.25) is 9.47 Å². The van der Waals surface area contributed by atoms with Crippen molar-refractivity contribution in [2.24, 2.45) is 0 Å². The predicted octanol–water partition coefficient (Wildman–Crippen LogP) is 3.49. The van der Waals surface area contributed by atoms with Gasteiger partial charge in [0, 0.05) is 17.1 Å². The molecule has 0 spiro atoms. The Morgan fingerprint density at radius 2 is 1.76 bits per heavy atom. The van der Waals surface area contributed by atoms with Crippen molar-refractivity contribution < 1.29 is 17.6 Å². The Labute approximate surface area is 176 Å². The minimum atomic E-state index is -3.84. The van der Waals surface area contributed by atoms with Crippen LogP contribution in [-0.2, 0) is 16.4 Å². The average molecular weight is 455 g/mol. The Kier molecular flexibility index (Phi) is 6.91. The molecule has 0 aliphatic carbocycles. The lowest BCUT2D eigenvalue weighted by atomic mass is 10.1. The molecule has 1 aromatic heterocycles. The number of sulfonamides is 1. The van der Waals surface area contributed by atoms with Gasteiger partial charge < -0.3 is 0 Å². The summed E-state index contributed by atoms with van der Waals surface area (Å²) in [5.41, 5.74) is 1.27. The molecule has 0 fully saturated rings. The van der Waals surface area contributed by atoms with Crippen LogP contribution in [0.5, 0.6) is 0 Å². The third-order valence-corrected chi connectivity index (χ3v) is 6.73. The van der Waals surface area contributed by atoms with E-state index in [1.807, 2.05) is 0 Å². The topological polar surface area (TPSA) is 101 Å². The Balaban J connectivity index is 1.53. The fourth-order valence-electron chi connectivity index (χ4n) is 2.35.